The van der Waals surface area contributed by atoms with Crippen molar-refractivity contribution in [2.75, 3.05) is 20.3 Å². The van der Waals surface area contributed by atoms with Gasteiger partial charge in [-0.15, -0.1) is 0 Å². The predicted molar refractivity (Wildman–Crippen MR) is 51.6 cm³/mol. The van der Waals surface area contributed by atoms with Crippen molar-refractivity contribution >= 4 is 0 Å². The van der Waals surface area contributed by atoms with Crippen LogP contribution in [0.3, 0.4) is 0 Å². The number of hydrogen-bond donors (Lipinski definition) is 3. The van der Waals surface area contributed by atoms with Gasteiger partial charge in [-0.3, -0.25) is 0 Å². The third kappa shape index (κ3) is 5.99. The van der Waals surface area contributed by atoms with Crippen LogP contribution in [0.25, 0.3) is 0 Å². The second-order valence-corrected chi connectivity index (χ2v) is 3.36. The lowest BCUT2D eigenvalue weighted by atomic mass is 10.1. The minimum absolute atomic E-state index is 0.0201. The molecule has 0 saturated heterocycles. The Hall–Kier alpha value is -0.160. The maximum absolute atomic E-state index is 9.24. The zero-order valence-electron chi connectivity index (χ0n) is 8.66. The van der Waals surface area contributed by atoms with Crippen LogP contribution in [0.15, 0.2) is 0 Å². The number of ether oxygens (including phenoxy) is 1. The zero-order chi connectivity index (χ0) is 10.3. The molecule has 0 aromatic heterocycles. The van der Waals surface area contributed by atoms with E-state index in [0.29, 0.717) is 13.0 Å². The highest BCUT2D eigenvalue weighted by Crippen LogP contribution is 1.98. The second-order valence-electron chi connectivity index (χ2n) is 3.36. The molecule has 13 heavy (non-hydrogen) atoms. The molecule has 3 atom stereocenters. The molecule has 3 unspecified atom stereocenters. The summed E-state index contributed by atoms with van der Waals surface area (Å²) >= 11 is 0. The van der Waals surface area contributed by atoms with E-state index in [4.69, 9.17) is 9.84 Å². The molecule has 4 heteroatoms. The molecular formula is C9H21NO3. The molecule has 0 radical (unpaired) electrons. The van der Waals surface area contributed by atoms with Crippen LogP contribution in [0.1, 0.15) is 20.3 Å². The highest BCUT2D eigenvalue weighted by atomic mass is 16.5. The Morgan fingerprint density at radius 1 is 1.38 bits per heavy atom. The van der Waals surface area contributed by atoms with E-state index in [-0.39, 0.29) is 18.7 Å². The number of methoxy groups -OCH3 is 1. The SMILES string of the molecule is COCC(CCO)NC(C)C(C)O. The third-order valence-corrected chi connectivity index (χ3v) is 2.07. The van der Waals surface area contributed by atoms with Crippen LogP contribution in [0.4, 0.5) is 0 Å². The van der Waals surface area contributed by atoms with Crippen molar-refractivity contribution in [3.05, 3.63) is 0 Å². The van der Waals surface area contributed by atoms with E-state index in [1.54, 1.807) is 14.0 Å². The Balaban J connectivity index is 3.78. The highest BCUT2D eigenvalue weighted by Gasteiger charge is 2.14. The van der Waals surface area contributed by atoms with Crippen molar-refractivity contribution in [3.8, 4) is 0 Å². The molecule has 0 aliphatic heterocycles. The molecule has 0 amide bonds. The van der Waals surface area contributed by atoms with E-state index in [1.807, 2.05) is 6.92 Å². The summed E-state index contributed by atoms with van der Waals surface area (Å²) in [4.78, 5) is 0. The standard InChI is InChI=1S/C9H21NO3/c1-7(8(2)12)10-9(4-5-11)6-13-3/h7-12H,4-6H2,1-3H3. The summed E-state index contributed by atoms with van der Waals surface area (Å²) in [5.41, 5.74) is 0. The minimum atomic E-state index is -0.391. The lowest BCUT2D eigenvalue weighted by molar-refractivity contribution is 0.109. The van der Waals surface area contributed by atoms with Crippen molar-refractivity contribution in [2.24, 2.45) is 0 Å². The number of aliphatic hydroxyl groups is 2. The summed E-state index contributed by atoms with van der Waals surface area (Å²) in [6.07, 6.45) is 0.253. The average Bonchev–Trinajstić information content (AvgIpc) is 2.05. The van der Waals surface area contributed by atoms with E-state index in [9.17, 15) is 5.11 Å². The molecule has 0 fully saturated rings. The topological polar surface area (TPSA) is 61.7 Å². The van der Waals surface area contributed by atoms with Gasteiger partial charge < -0.3 is 20.3 Å². The smallest absolute Gasteiger partial charge is 0.0662 e. The third-order valence-electron chi connectivity index (χ3n) is 2.07. The van der Waals surface area contributed by atoms with Crippen LogP contribution in [-0.4, -0.2) is 48.7 Å². The Morgan fingerprint density at radius 2 is 2.00 bits per heavy atom. The van der Waals surface area contributed by atoms with Gasteiger partial charge in [-0.05, 0) is 20.3 Å². The Kier molecular flexibility index (Phi) is 7.17. The highest BCUT2D eigenvalue weighted by molar-refractivity contribution is 4.74. The Morgan fingerprint density at radius 3 is 2.38 bits per heavy atom. The summed E-state index contributed by atoms with van der Waals surface area (Å²) in [5, 5.41) is 21.2. The van der Waals surface area contributed by atoms with Gasteiger partial charge >= 0.3 is 0 Å². The molecule has 0 heterocycles. The van der Waals surface area contributed by atoms with E-state index in [0.717, 1.165) is 0 Å². The molecule has 0 aliphatic rings. The summed E-state index contributed by atoms with van der Waals surface area (Å²) in [6.45, 7) is 4.33. The number of nitrogens with one attached hydrogen (secondary N) is 1. The molecule has 80 valence electrons. The van der Waals surface area contributed by atoms with Crippen LogP contribution >= 0.6 is 0 Å². The fourth-order valence-corrected chi connectivity index (χ4v) is 1.08. The molecule has 3 N–H and O–H groups in total. The molecule has 0 aromatic rings. The van der Waals surface area contributed by atoms with Crippen molar-refractivity contribution in [1.82, 2.24) is 5.32 Å². The fourth-order valence-electron chi connectivity index (χ4n) is 1.08. The van der Waals surface area contributed by atoms with Crippen LogP contribution in [-0.2, 0) is 4.74 Å². The molecule has 0 rings (SSSR count). The molecular weight excluding hydrogens is 170 g/mol. The number of aliphatic hydroxyl groups excluding tert-OH is 2. The zero-order valence-corrected chi connectivity index (χ0v) is 8.66. The van der Waals surface area contributed by atoms with Gasteiger partial charge in [-0.1, -0.05) is 0 Å². The second kappa shape index (κ2) is 7.26. The molecule has 4 nitrogen and oxygen atoms in total. The van der Waals surface area contributed by atoms with Gasteiger partial charge in [0.1, 0.15) is 0 Å². The number of hydrogen-bond acceptors (Lipinski definition) is 4. The lowest BCUT2D eigenvalue weighted by Gasteiger charge is -2.23. The van der Waals surface area contributed by atoms with Crippen molar-refractivity contribution < 1.29 is 14.9 Å². The first-order valence-corrected chi connectivity index (χ1v) is 4.65. The van der Waals surface area contributed by atoms with E-state index < -0.39 is 6.10 Å². The first kappa shape index (κ1) is 12.8. The van der Waals surface area contributed by atoms with Gasteiger partial charge in [-0.2, -0.15) is 0 Å². The molecule has 0 saturated carbocycles. The summed E-state index contributed by atoms with van der Waals surface area (Å²) in [6, 6.07) is 0.131. The molecule has 0 spiro atoms. The molecule has 0 bridgehead atoms. The van der Waals surface area contributed by atoms with Gasteiger partial charge in [-0.25, -0.2) is 0 Å². The van der Waals surface area contributed by atoms with Gasteiger partial charge in [0, 0.05) is 25.8 Å². The van der Waals surface area contributed by atoms with E-state index in [1.165, 1.54) is 0 Å². The Bertz CT molecular complexity index is 113. The summed E-state index contributed by atoms with van der Waals surface area (Å²) in [5.74, 6) is 0. The average molecular weight is 191 g/mol. The molecule has 0 aliphatic carbocycles. The van der Waals surface area contributed by atoms with E-state index >= 15 is 0 Å². The predicted octanol–water partition coefficient (Wildman–Crippen LogP) is -0.257. The van der Waals surface area contributed by atoms with Crippen LogP contribution < -0.4 is 5.32 Å². The normalized spacial score (nSPS) is 18.2. The van der Waals surface area contributed by atoms with Crippen molar-refractivity contribution in [1.29, 1.82) is 0 Å². The van der Waals surface area contributed by atoms with Gasteiger partial charge in [0.15, 0.2) is 0 Å². The van der Waals surface area contributed by atoms with Crippen molar-refractivity contribution in [3.63, 3.8) is 0 Å². The van der Waals surface area contributed by atoms with Crippen LogP contribution in [0, 0.1) is 0 Å². The Labute approximate surface area is 79.9 Å². The van der Waals surface area contributed by atoms with Gasteiger partial charge in [0.25, 0.3) is 0 Å². The summed E-state index contributed by atoms with van der Waals surface area (Å²) < 4.78 is 4.98. The minimum Gasteiger partial charge on any atom is -0.396 e. The lowest BCUT2D eigenvalue weighted by Crippen LogP contribution is -2.44. The first-order valence-electron chi connectivity index (χ1n) is 4.65. The maximum atomic E-state index is 9.24. The van der Waals surface area contributed by atoms with Crippen LogP contribution in [0.5, 0.6) is 0 Å². The summed E-state index contributed by atoms with van der Waals surface area (Å²) in [7, 11) is 1.62. The van der Waals surface area contributed by atoms with Crippen molar-refractivity contribution in [2.45, 2.75) is 38.5 Å². The molecule has 0 aromatic carbocycles. The van der Waals surface area contributed by atoms with Crippen LogP contribution in [0.2, 0.25) is 0 Å². The quantitative estimate of drug-likeness (QED) is 0.519. The number of rotatable bonds is 7. The monoisotopic (exact) mass is 191 g/mol. The first-order chi connectivity index (χ1) is 6.11. The maximum Gasteiger partial charge on any atom is 0.0662 e. The van der Waals surface area contributed by atoms with E-state index in [2.05, 4.69) is 5.32 Å². The van der Waals surface area contributed by atoms with Gasteiger partial charge in [0.2, 0.25) is 0 Å². The largest absolute Gasteiger partial charge is 0.396 e. The fraction of sp³-hybridized carbons (Fsp3) is 1.00. The van der Waals surface area contributed by atoms with Gasteiger partial charge in [0.05, 0.1) is 12.7 Å².